The van der Waals surface area contributed by atoms with Gasteiger partial charge in [-0.2, -0.15) is 5.10 Å². The fraction of sp³-hybridized carbons (Fsp3) is 0.294. The minimum absolute atomic E-state index is 0.00750. The SMILES string of the molecule is CC(=NNC(=O)N[C@H]1CCS(=O)(=O)C1)c1cccc2ccccc12. The van der Waals surface area contributed by atoms with Crippen molar-refractivity contribution in [2.45, 2.75) is 19.4 Å². The van der Waals surface area contributed by atoms with Gasteiger partial charge >= 0.3 is 6.03 Å². The summed E-state index contributed by atoms with van der Waals surface area (Å²) >= 11 is 0. The second-order valence-electron chi connectivity index (χ2n) is 5.91. The largest absolute Gasteiger partial charge is 0.335 e. The van der Waals surface area contributed by atoms with Crippen molar-refractivity contribution in [1.29, 1.82) is 0 Å². The molecule has 0 aliphatic carbocycles. The third-order valence-electron chi connectivity index (χ3n) is 4.07. The summed E-state index contributed by atoms with van der Waals surface area (Å²) in [6.07, 6.45) is 0.446. The molecule has 2 N–H and O–H groups in total. The zero-order valence-electron chi connectivity index (χ0n) is 13.3. The summed E-state index contributed by atoms with van der Waals surface area (Å²) in [6.45, 7) is 1.82. The number of carbonyl (C=O) groups excluding carboxylic acids is 1. The molecule has 0 aromatic heterocycles. The minimum atomic E-state index is -3.02. The smallest absolute Gasteiger partial charge is 0.333 e. The molecule has 1 heterocycles. The first-order valence-electron chi connectivity index (χ1n) is 7.74. The van der Waals surface area contributed by atoms with Gasteiger partial charge in [-0.25, -0.2) is 18.6 Å². The molecular weight excluding hydrogens is 326 g/mol. The van der Waals surface area contributed by atoms with Gasteiger partial charge in [0.1, 0.15) is 0 Å². The Labute approximate surface area is 140 Å². The molecule has 2 aromatic rings. The van der Waals surface area contributed by atoms with Crippen LogP contribution in [-0.2, 0) is 9.84 Å². The zero-order valence-corrected chi connectivity index (χ0v) is 14.1. The Hall–Kier alpha value is -2.41. The zero-order chi connectivity index (χ0) is 17.2. The van der Waals surface area contributed by atoms with Crippen molar-refractivity contribution in [3.63, 3.8) is 0 Å². The highest BCUT2D eigenvalue weighted by Crippen LogP contribution is 2.19. The molecule has 0 spiro atoms. The Morgan fingerprint density at radius 3 is 2.67 bits per heavy atom. The van der Waals surface area contributed by atoms with Gasteiger partial charge in [0.25, 0.3) is 0 Å². The van der Waals surface area contributed by atoms with Crippen LogP contribution in [-0.4, -0.2) is 37.7 Å². The first-order valence-corrected chi connectivity index (χ1v) is 9.56. The van der Waals surface area contributed by atoms with E-state index >= 15 is 0 Å². The third-order valence-corrected chi connectivity index (χ3v) is 5.84. The number of nitrogens with one attached hydrogen (secondary N) is 2. The van der Waals surface area contributed by atoms with Crippen molar-refractivity contribution >= 4 is 32.4 Å². The summed E-state index contributed by atoms with van der Waals surface area (Å²) < 4.78 is 22.8. The van der Waals surface area contributed by atoms with E-state index in [0.717, 1.165) is 16.3 Å². The number of sulfone groups is 1. The van der Waals surface area contributed by atoms with Crippen molar-refractivity contribution in [1.82, 2.24) is 10.7 Å². The number of carbonyl (C=O) groups is 1. The predicted octanol–water partition coefficient (Wildman–Crippen LogP) is 2.05. The van der Waals surface area contributed by atoms with Crippen LogP contribution in [0.4, 0.5) is 4.79 Å². The predicted molar refractivity (Wildman–Crippen MR) is 94.9 cm³/mol. The van der Waals surface area contributed by atoms with Gasteiger partial charge in [0.2, 0.25) is 0 Å². The molecule has 1 saturated heterocycles. The van der Waals surface area contributed by atoms with Gasteiger partial charge < -0.3 is 5.32 Å². The van der Waals surface area contributed by atoms with E-state index in [9.17, 15) is 13.2 Å². The van der Waals surface area contributed by atoms with Gasteiger partial charge in [0.05, 0.1) is 17.2 Å². The lowest BCUT2D eigenvalue weighted by Crippen LogP contribution is -2.41. The van der Waals surface area contributed by atoms with Crippen LogP contribution in [0.15, 0.2) is 47.6 Å². The number of nitrogens with zero attached hydrogens (tertiary/aromatic N) is 1. The molecular formula is C17H19N3O3S. The van der Waals surface area contributed by atoms with Crippen molar-refractivity contribution in [3.05, 3.63) is 48.0 Å². The van der Waals surface area contributed by atoms with Crippen LogP contribution in [0.1, 0.15) is 18.9 Å². The fourth-order valence-electron chi connectivity index (χ4n) is 2.86. The van der Waals surface area contributed by atoms with Gasteiger partial charge in [0.15, 0.2) is 9.84 Å². The molecule has 1 aliphatic rings. The van der Waals surface area contributed by atoms with Crippen LogP contribution in [0.2, 0.25) is 0 Å². The molecule has 1 fully saturated rings. The van der Waals surface area contributed by atoms with Crippen molar-refractivity contribution in [2.75, 3.05) is 11.5 Å². The Morgan fingerprint density at radius 2 is 1.92 bits per heavy atom. The van der Waals surface area contributed by atoms with E-state index in [2.05, 4.69) is 15.8 Å². The lowest BCUT2D eigenvalue weighted by Gasteiger charge is -2.11. The van der Waals surface area contributed by atoms with E-state index in [0.29, 0.717) is 12.1 Å². The molecule has 24 heavy (non-hydrogen) atoms. The summed E-state index contributed by atoms with van der Waals surface area (Å²) in [5.74, 6) is 0.114. The molecule has 0 saturated carbocycles. The highest BCUT2D eigenvalue weighted by atomic mass is 32.2. The second-order valence-corrected chi connectivity index (χ2v) is 8.14. The maximum absolute atomic E-state index is 11.9. The van der Waals surface area contributed by atoms with Crippen LogP contribution >= 0.6 is 0 Å². The van der Waals surface area contributed by atoms with Crippen molar-refractivity contribution in [2.24, 2.45) is 5.10 Å². The topological polar surface area (TPSA) is 87.6 Å². The molecule has 7 heteroatoms. The summed E-state index contributed by atoms with van der Waals surface area (Å²) in [7, 11) is -3.02. The van der Waals surface area contributed by atoms with E-state index in [1.807, 2.05) is 49.4 Å². The van der Waals surface area contributed by atoms with Gasteiger partial charge in [-0.05, 0) is 24.1 Å². The van der Waals surface area contributed by atoms with Crippen molar-refractivity contribution in [3.8, 4) is 0 Å². The second kappa shape index (κ2) is 6.60. The molecule has 0 radical (unpaired) electrons. The number of fused-ring (bicyclic) bond motifs is 1. The number of amides is 2. The average Bonchev–Trinajstić information content (AvgIpc) is 2.90. The quantitative estimate of drug-likeness (QED) is 0.659. The summed E-state index contributed by atoms with van der Waals surface area (Å²) in [5.41, 5.74) is 4.07. The Bertz CT molecular complexity index is 901. The summed E-state index contributed by atoms with van der Waals surface area (Å²) in [4.78, 5) is 11.9. The Morgan fingerprint density at radius 1 is 1.17 bits per heavy atom. The fourth-order valence-corrected chi connectivity index (χ4v) is 4.54. The number of hydrogen-bond acceptors (Lipinski definition) is 4. The molecule has 6 nitrogen and oxygen atoms in total. The number of urea groups is 1. The maximum atomic E-state index is 11.9. The van der Waals surface area contributed by atoms with E-state index in [1.54, 1.807) is 0 Å². The standard InChI is InChI=1S/C17H19N3O3S/c1-12(15-8-4-6-13-5-2-3-7-16(13)15)19-20-17(21)18-14-9-10-24(22,23)11-14/h2-8,14H,9-11H2,1H3,(H2,18,20,21)/t14-/m0/s1. The molecule has 0 bridgehead atoms. The summed E-state index contributed by atoms with van der Waals surface area (Å²) in [5, 5.41) is 8.93. The van der Waals surface area contributed by atoms with Gasteiger partial charge in [-0.3, -0.25) is 0 Å². The van der Waals surface area contributed by atoms with E-state index in [-0.39, 0.29) is 17.5 Å². The van der Waals surface area contributed by atoms with Gasteiger partial charge in [0, 0.05) is 11.6 Å². The minimum Gasteiger partial charge on any atom is -0.333 e. The van der Waals surface area contributed by atoms with Crippen LogP contribution in [0, 0.1) is 0 Å². The Balaban J connectivity index is 1.68. The summed E-state index contributed by atoms with van der Waals surface area (Å²) in [6, 6.07) is 13.0. The number of hydrogen-bond donors (Lipinski definition) is 2. The van der Waals surface area contributed by atoms with Gasteiger partial charge in [-0.15, -0.1) is 0 Å². The third kappa shape index (κ3) is 3.73. The Kier molecular flexibility index (Phi) is 4.53. The molecule has 0 unspecified atom stereocenters. The first-order chi connectivity index (χ1) is 11.4. The molecule has 2 aromatic carbocycles. The van der Waals surface area contributed by atoms with E-state index in [1.165, 1.54) is 0 Å². The van der Waals surface area contributed by atoms with E-state index < -0.39 is 15.9 Å². The number of rotatable bonds is 3. The van der Waals surface area contributed by atoms with Crippen LogP contribution in [0.5, 0.6) is 0 Å². The highest BCUT2D eigenvalue weighted by Gasteiger charge is 2.28. The molecule has 3 rings (SSSR count). The molecule has 126 valence electrons. The first kappa shape index (κ1) is 16.4. The molecule has 1 aliphatic heterocycles. The monoisotopic (exact) mass is 345 g/mol. The highest BCUT2D eigenvalue weighted by molar-refractivity contribution is 7.91. The lowest BCUT2D eigenvalue weighted by atomic mass is 10.0. The maximum Gasteiger partial charge on any atom is 0.335 e. The van der Waals surface area contributed by atoms with Crippen LogP contribution in [0.25, 0.3) is 10.8 Å². The normalized spacial score (nSPS) is 20.0. The van der Waals surface area contributed by atoms with Gasteiger partial charge in [-0.1, -0.05) is 42.5 Å². The number of hydrazone groups is 1. The molecule has 2 amide bonds. The van der Waals surface area contributed by atoms with Crippen LogP contribution in [0.3, 0.4) is 0 Å². The number of benzene rings is 2. The van der Waals surface area contributed by atoms with Crippen LogP contribution < -0.4 is 10.7 Å². The average molecular weight is 345 g/mol. The molecule has 1 atom stereocenters. The van der Waals surface area contributed by atoms with E-state index in [4.69, 9.17) is 0 Å². The van der Waals surface area contributed by atoms with Crippen molar-refractivity contribution < 1.29 is 13.2 Å². The lowest BCUT2D eigenvalue weighted by molar-refractivity contribution is 0.238.